The van der Waals surface area contributed by atoms with E-state index >= 15 is 0 Å². The lowest BCUT2D eigenvalue weighted by atomic mass is 9.91. The molecule has 3 atom stereocenters. The number of ether oxygens (including phenoxy) is 3. The van der Waals surface area contributed by atoms with E-state index in [1.54, 1.807) is 7.11 Å². The molecule has 0 aliphatic carbocycles. The lowest BCUT2D eigenvalue weighted by Gasteiger charge is -2.23. The van der Waals surface area contributed by atoms with Crippen LogP contribution in [0.5, 0.6) is 0 Å². The van der Waals surface area contributed by atoms with Gasteiger partial charge in [-0.05, 0) is 29.9 Å². The second-order valence-corrected chi connectivity index (χ2v) is 6.59. The minimum atomic E-state index is -0.458. The Morgan fingerprint density at radius 3 is 2.08 bits per heavy atom. The molecule has 2 rings (SSSR count). The third kappa shape index (κ3) is 7.26. The van der Waals surface area contributed by atoms with Crippen molar-refractivity contribution >= 4 is 0 Å². The molecule has 4 nitrogen and oxygen atoms in total. The number of rotatable bonds is 12. The Morgan fingerprint density at radius 1 is 0.846 bits per heavy atom. The van der Waals surface area contributed by atoms with Gasteiger partial charge in [0.05, 0.1) is 25.4 Å². The first-order chi connectivity index (χ1) is 12.7. The highest BCUT2D eigenvalue weighted by Crippen LogP contribution is 2.30. The molecule has 0 aromatic heterocycles. The fraction of sp³-hybridized carbons (Fsp3) is 0.455. The van der Waals surface area contributed by atoms with Gasteiger partial charge < -0.3 is 19.3 Å². The zero-order valence-corrected chi connectivity index (χ0v) is 15.7. The van der Waals surface area contributed by atoms with Crippen LogP contribution in [0.1, 0.15) is 43.1 Å². The van der Waals surface area contributed by atoms with Gasteiger partial charge in [-0.15, -0.1) is 0 Å². The molecular formula is C22H30O4. The van der Waals surface area contributed by atoms with E-state index in [1.165, 1.54) is 0 Å². The first kappa shape index (κ1) is 20.6. The molecule has 0 radical (unpaired) electrons. The van der Waals surface area contributed by atoms with Crippen molar-refractivity contribution < 1.29 is 19.3 Å². The molecule has 0 heterocycles. The molecule has 1 N–H and O–H groups in total. The summed E-state index contributed by atoms with van der Waals surface area (Å²) >= 11 is 0. The minimum absolute atomic E-state index is 0.0586. The second-order valence-electron chi connectivity index (χ2n) is 6.59. The first-order valence-corrected chi connectivity index (χ1v) is 9.17. The molecule has 0 saturated heterocycles. The van der Waals surface area contributed by atoms with Gasteiger partial charge in [0, 0.05) is 7.11 Å². The molecule has 0 aliphatic heterocycles. The highest BCUT2D eigenvalue weighted by atomic mass is 16.7. The molecule has 26 heavy (non-hydrogen) atoms. The summed E-state index contributed by atoms with van der Waals surface area (Å²) in [5, 5.41) is 10.5. The van der Waals surface area contributed by atoms with E-state index in [9.17, 15) is 5.11 Å². The van der Waals surface area contributed by atoms with E-state index in [-0.39, 0.29) is 12.9 Å². The number of hydrogen-bond donors (Lipinski definition) is 1. The SMILES string of the molecule is COCCOCO[C@@H](C[C@@H](C)CC(O)c1ccccc1)c1ccccc1. The smallest absolute Gasteiger partial charge is 0.147 e. The van der Waals surface area contributed by atoms with Crippen molar-refractivity contribution in [3.8, 4) is 0 Å². The van der Waals surface area contributed by atoms with Gasteiger partial charge in [0.1, 0.15) is 6.79 Å². The molecule has 4 heteroatoms. The van der Waals surface area contributed by atoms with Crippen LogP contribution in [0.15, 0.2) is 60.7 Å². The van der Waals surface area contributed by atoms with Gasteiger partial charge in [0.2, 0.25) is 0 Å². The Labute approximate surface area is 156 Å². The van der Waals surface area contributed by atoms with Crippen LogP contribution in [-0.4, -0.2) is 32.2 Å². The zero-order chi connectivity index (χ0) is 18.6. The summed E-state index contributed by atoms with van der Waals surface area (Å²) in [5.41, 5.74) is 2.09. The van der Waals surface area contributed by atoms with Crippen molar-refractivity contribution in [1.82, 2.24) is 0 Å². The Bertz CT molecular complexity index is 588. The van der Waals surface area contributed by atoms with E-state index < -0.39 is 6.10 Å². The zero-order valence-electron chi connectivity index (χ0n) is 15.7. The number of benzene rings is 2. The predicted octanol–water partition coefficient (Wildman–Crippen LogP) is 4.51. The summed E-state index contributed by atoms with van der Waals surface area (Å²) in [6, 6.07) is 20.0. The monoisotopic (exact) mass is 358 g/mol. The van der Waals surface area contributed by atoms with Gasteiger partial charge in [-0.25, -0.2) is 0 Å². The Hall–Kier alpha value is -1.72. The van der Waals surface area contributed by atoms with Crippen LogP contribution in [0.4, 0.5) is 0 Å². The van der Waals surface area contributed by atoms with Crippen molar-refractivity contribution in [3.05, 3.63) is 71.8 Å². The van der Waals surface area contributed by atoms with Crippen molar-refractivity contribution in [1.29, 1.82) is 0 Å². The Balaban J connectivity index is 1.90. The van der Waals surface area contributed by atoms with Gasteiger partial charge in [0.15, 0.2) is 0 Å². The second kappa shape index (κ2) is 11.8. The lowest BCUT2D eigenvalue weighted by Crippen LogP contribution is -2.14. The summed E-state index contributed by atoms with van der Waals surface area (Å²) in [6.45, 7) is 3.45. The van der Waals surface area contributed by atoms with E-state index in [1.807, 2.05) is 48.5 Å². The Kier molecular flexibility index (Phi) is 9.35. The maximum atomic E-state index is 10.5. The summed E-state index contributed by atoms with van der Waals surface area (Å²) in [6.07, 6.45) is 1.00. The number of hydrogen-bond acceptors (Lipinski definition) is 4. The van der Waals surface area contributed by atoms with Gasteiger partial charge in [-0.3, -0.25) is 0 Å². The minimum Gasteiger partial charge on any atom is -0.388 e. The van der Waals surface area contributed by atoms with E-state index in [2.05, 4.69) is 19.1 Å². The van der Waals surface area contributed by atoms with Crippen molar-refractivity contribution in [2.75, 3.05) is 27.1 Å². The highest BCUT2D eigenvalue weighted by Gasteiger charge is 2.19. The normalized spacial score (nSPS) is 14.7. The van der Waals surface area contributed by atoms with E-state index in [4.69, 9.17) is 14.2 Å². The van der Waals surface area contributed by atoms with Crippen LogP contribution in [-0.2, 0) is 14.2 Å². The largest absolute Gasteiger partial charge is 0.388 e. The van der Waals surface area contributed by atoms with E-state index in [0.717, 1.165) is 17.5 Å². The van der Waals surface area contributed by atoms with Crippen LogP contribution < -0.4 is 0 Å². The molecule has 1 unspecified atom stereocenters. The van der Waals surface area contributed by atoms with Crippen molar-refractivity contribution in [2.45, 2.75) is 32.0 Å². The third-order valence-corrected chi connectivity index (χ3v) is 4.38. The molecule has 0 bridgehead atoms. The average molecular weight is 358 g/mol. The molecule has 0 saturated carbocycles. The standard InChI is InChI=1S/C22H30O4/c1-18(15-21(23)19-9-5-3-6-10-19)16-22(20-11-7-4-8-12-20)26-17-25-14-13-24-2/h3-12,18,21-23H,13-17H2,1-2H3/t18-,21?,22-/m0/s1. The summed E-state index contributed by atoms with van der Waals surface area (Å²) in [4.78, 5) is 0. The predicted molar refractivity (Wildman–Crippen MR) is 103 cm³/mol. The van der Waals surface area contributed by atoms with Crippen LogP contribution in [0, 0.1) is 5.92 Å². The Morgan fingerprint density at radius 2 is 1.46 bits per heavy atom. The fourth-order valence-electron chi connectivity index (χ4n) is 2.95. The van der Waals surface area contributed by atoms with Crippen molar-refractivity contribution in [2.24, 2.45) is 5.92 Å². The summed E-state index contributed by atoms with van der Waals surface area (Å²) in [5.74, 6) is 0.300. The third-order valence-electron chi connectivity index (χ3n) is 4.38. The van der Waals surface area contributed by atoms with E-state index in [0.29, 0.717) is 25.6 Å². The van der Waals surface area contributed by atoms with Gasteiger partial charge in [-0.2, -0.15) is 0 Å². The van der Waals surface area contributed by atoms with Crippen LogP contribution >= 0.6 is 0 Å². The number of methoxy groups -OCH3 is 1. The van der Waals surface area contributed by atoms with Gasteiger partial charge >= 0.3 is 0 Å². The average Bonchev–Trinajstić information content (AvgIpc) is 2.68. The van der Waals surface area contributed by atoms with Gasteiger partial charge in [-0.1, -0.05) is 67.6 Å². The maximum Gasteiger partial charge on any atom is 0.147 e. The quantitative estimate of drug-likeness (QED) is 0.448. The highest BCUT2D eigenvalue weighted by molar-refractivity contribution is 5.18. The van der Waals surface area contributed by atoms with Crippen LogP contribution in [0.3, 0.4) is 0 Å². The summed E-state index contributed by atoms with van der Waals surface area (Å²) < 4.78 is 16.4. The molecule has 0 amide bonds. The topological polar surface area (TPSA) is 47.9 Å². The number of aliphatic hydroxyl groups is 1. The first-order valence-electron chi connectivity index (χ1n) is 9.17. The molecule has 0 fully saturated rings. The maximum absolute atomic E-state index is 10.5. The molecule has 0 spiro atoms. The van der Waals surface area contributed by atoms with Gasteiger partial charge in [0.25, 0.3) is 0 Å². The molecule has 2 aromatic rings. The number of aliphatic hydroxyl groups excluding tert-OH is 1. The molecule has 142 valence electrons. The van der Waals surface area contributed by atoms with Crippen molar-refractivity contribution in [3.63, 3.8) is 0 Å². The molecule has 0 aliphatic rings. The lowest BCUT2D eigenvalue weighted by molar-refractivity contribution is -0.105. The van der Waals surface area contributed by atoms with Crippen LogP contribution in [0.2, 0.25) is 0 Å². The fourth-order valence-corrected chi connectivity index (χ4v) is 2.95. The summed E-state index contributed by atoms with van der Waals surface area (Å²) in [7, 11) is 1.65. The molecule has 2 aromatic carbocycles. The van der Waals surface area contributed by atoms with Crippen LogP contribution in [0.25, 0.3) is 0 Å². The molecular weight excluding hydrogens is 328 g/mol.